The van der Waals surface area contributed by atoms with Crippen molar-refractivity contribution in [3.8, 4) is 23.1 Å². The van der Waals surface area contributed by atoms with E-state index in [-0.39, 0.29) is 6.04 Å². The lowest BCUT2D eigenvalue weighted by atomic mass is 9.75. The van der Waals surface area contributed by atoms with Crippen LogP contribution in [-0.2, 0) is 0 Å². The van der Waals surface area contributed by atoms with Gasteiger partial charge in [-0.3, -0.25) is 4.99 Å². The monoisotopic (exact) mass is 396 g/mol. The molecule has 0 amide bonds. The van der Waals surface area contributed by atoms with Crippen molar-refractivity contribution in [2.45, 2.75) is 44.6 Å². The number of pyridine rings is 1. The molecular weight excluding hydrogens is 368 g/mol. The summed E-state index contributed by atoms with van der Waals surface area (Å²) in [6.45, 7) is 2.59. The molecule has 2 aliphatic rings. The first-order chi connectivity index (χ1) is 14.2. The molecule has 0 bridgehead atoms. The quantitative estimate of drug-likeness (QED) is 0.725. The standard InChI is InChI=1S/C23H28N2O4/c1-5-29-20-11-16-15-8-6-7-9-18(15)25-22(17(16)12-19(20)26-2)14-10-21(27-3)23(28-4)24-13-14/h10-13,15,18H,5-9H2,1-4H3/t15-,18-/m1/s1. The minimum Gasteiger partial charge on any atom is -0.493 e. The van der Waals surface area contributed by atoms with Gasteiger partial charge >= 0.3 is 0 Å². The molecule has 4 rings (SSSR count). The number of aliphatic imine (C=N–C) groups is 1. The van der Waals surface area contributed by atoms with E-state index in [1.165, 1.54) is 18.4 Å². The van der Waals surface area contributed by atoms with Crippen LogP contribution in [0.5, 0.6) is 23.1 Å². The fraction of sp³-hybridized carbons (Fsp3) is 0.478. The predicted octanol–water partition coefficient (Wildman–Crippen LogP) is 4.38. The lowest BCUT2D eigenvalue weighted by Crippen LogP contribution is -2.29. The van der Waals surface area contributed by atoms with E-state index in [9.17, 15) is 0 Å². The van der Waals surface area contributed by atoms with Gasteiger partial charge in [-0.05, 0) is 43.5 Å². The van der Waals surface area contributed by atoms with E-state index < -0.39 is 0 Å². The lowest BCUT2D eigenvalue weighted by molar-refractivity contribution is 0.308. The molecule has 0 unspecified atom stereocenters. The lowest BCUT2D eigenvalue weighted by Gasteiger charge is -2.35. The number of nitrogens with zero attached hydrogens (tertiary/aromatic N) is 2. The number of hydrogen-bond donors (Lipinski definition) is 0. The van der Waals surface area contributed by atoms with Gasteiger partial charge in [-0.1, -0.05) is 12.8 Å². The summed E-state index contributed by atoms with van der Waals surface area (Å²) in [5, 5.41) is 0. The van der Waals surface area contributed by atoms with Gasteiger partial charge in [-0.2, -0.15) is 0 Å². The molecule has 2 aromatic rings. The van der Waals surface area contributed by atoms with Gasteiger partial charge in [-0.15, -0.1) is 0 Å². The highest BCUT2D eigenvalue weighted by atomic mass is 16.5. The molecule has 0 radical (unpaired) electrons. The Labute approximate surface area is 171 Å². The van der Waals surface area contributed by atoms with Gasteiger partial charge in [0.2, 0.25) is 0 Å². The van der Waals surface area contributed by atoms with Crippen LogP contribution in [0, 0.1) is 0 Å². The molecule has 2 atom stereocenters. The van der Waals surface area contributed by atoms with E-state index in [2.05, 4.69) is 17.1 Å². The summed E-state index contributed by atoms with van der Waals surface area (Å²) in [6, 6.07) is 6.44. The smallest absolute Gasteiger partial charge is 0.256 e. The molecule has 29 heavy (non-hydrogen) atoms. The van der Waals surface area contributed by atoms with Gasteiger partial charge in [0.15, 0.2) is 17.2 Å². The van der Waals surface area contributed by atoms with Crippen molar-refractivity contribution in [3.05, 3.63) is 41.1 Å². The molecule has 2 heterocycles. The van der Waals surface area contributed by atoms with Crippen LogP contribution in [0.4, 0.5) is 0 Å². The van der Waals surface area contributed by atoms with Gasteiger partial charge < -0.3 is 18.9 Å². The van der Waals surface area contributed by atoms with Crippen LogP contribution in [0.15, 0.2) is 29.4 Å². The SMILES string of the molecule is CCOc1cc2c(cc1OC)C(c1cnc(OC)c(OC)c1)=N[C@@H]1CCCC[C@H]21. The number of ether oxygens (including phenoxy) is 4. The number of fused-ring (bicyclic) bond motifs is 3. The summed E-state index contributed by atoms with van der Waals surface area (Å²) >= 11 is 0. The summed E-state index contributed by atoms with van der Waals surface area (Å²) < 4.78 is 22.3. The summed E-state index contributed by atoms with van der Waals surface area (Å²) in [6.07, 6.45) is 6.50. The topological polar surface area (TPSA) is 62.2 Å². The Morgan fingerprint density at radius 3 is 2.45 bits per heavy atom. The molecule has 0 N–H and O–H groups in total. The summed E-state index contributed by atoms with van der Waals surface area (Å²) in [4.78, 5) is 9.61. The van der Waals surface area contributed by atoms with Crippen LogP contribution >= 0.6 is 0 Å². The zero-order valence-corrected chi connectivity index (χ0v) is 17.5. The zero-order valence-electron chi connectivity index (χ0n) is 17.5. The molecule has 1 aliphatic heterocycles. The second kappa shape index (κ2) is 8.31. The van der Waals surface area contributed by atoms with Crippen LogP contribution < -0.4 is 18.9 Å². The number of aromatic nitrogens is 1. The molecule has 154 valence electrons. The third kappa shape index (κ3) is 3.52. The first-order valence-corrected chi connectivity index (χ1v) is 10.2. The fourth-order valence-corrected chi connectivity index (χ4v) is 4.47. The maximum atomic E-state index is 5.87. The Hall–Kier alpha value is -2.76. The molecule has 0 spiro atoms. The predicted molar refractivity (Wildman–Crippen MR) is 112 cm³/mol. The molecule has 6 nitrogen and oxygen atoms in total. The Bertz CT molecular complexity index is 925. The zero-order chi connectivity index (χ0) is 20.4. The Morgan fingerprint density at radius 2 is 1.72 bits per heavy atom. The van der Waals surface area contributed by atoms with Gasteiger partial charge in [-0.25, -0.2) is 4.98 Å². The molecule has 1 aliphatic carbocycles. The highest BCUT2D eigenvalue weighted by Gasteiger charge is 2.35. The van der Waals surface area contributed by atoms with E-state index in [1.807, 2.05) is 13.0 Å². The summed E-state index contributed by atoms with van der Waals surface area (Å²) in [5.74, 6) is 3.00. The Kier molecular flexibility index (Phi) is 5.60. The van der Waals surface area contributed by atoms with E-state index in [1.54, 1.807) is 27.5 Å². The third-order valence-electron chi connectivity index (χ3n) is 5.82. The van der Waals surface area contributed by atoms with E-state index in [0.29, 0.717) is 24.2 Å². The van der Waals surface area contributed by atoms with Gasteiger partial charge in [0, 0.05) is 23.2 Å². The first kappa shape index (κ1) is 19.6. The van der Waals surface area contributed by atoms with Crippen molar-refractivity contribution in [3.63, 3.8) is 0 Å². The van der Waals surface area contributed by atoms with Gasteiger partial charge in [0.25, 0.3) is 5.88 Å². The van der Waals surface area contributed by atoms with E-state index in [4.69, 9.17) is 23.9 Å². The molecule has 1 aromatic heterocycles. The number of rotatable bonds is 6. The van der Waals surface area contributed by atoms with Crippen molar-refractivity contribution >= 4 is 5.71 Å². The van der Waals surface area contributed by atoms with Crippen molar-refractivity contribution in [2.24, 2.45) is 4.99 Å². The number of benzene rings is 1. The van der Waals surface area contributed by atoms with Crippen LogP contribution in [0.2, 0.25) is 0 Å². The van der Waals surface area contributed by atoms with Crippen molar-refractivity contribution in [1.82, 2.24) is 4.98 Å². The third-order valence-corrected chi connectivity index (χ3v) is 5.82. The highest BCUT2D eigenvalue weighted by Crippen LogP contribution is 2.45. The highest BCUT2D eigenvalue weighted by molar-refractivity contribution is 6.15. The molecular formula is C23H28N2O4. The van der Waals surface area contributed by atoms with Crippen LogP contribution in [0.3, 0.4) is 0 Å². The fourth-order valence-electron chi connectivity index (χ4n) is 4.47. The Balaban J connectivity index is 1.88. The second-order valence-corrected chi connectivity index (χ2v) is 7.39. The maximum Gasteiger partial charge on any atom is 0.256 e. The molecule has 1 saturated carbocycles. The largest absolute Gasteiger partial charge is 0.493 e. The molecule has 0 saturated heterocycles. The average Bonchev–Trinajstić information content (AvgIpc) is 2.77. The van der Waals surface area contributed by atoms with Crippen LogP contribution in [0.25, 0.3) is 0 Å². The van der Waals surface area contributed by atoms with E-state index in [0.717, 1.165) is 41.2 Å². The minimum atomic E-state index is 0.280. The molecule has 6 heteroatoms. The molecule has 1 fully saturated rings. The minimum absolute atomic E-state index is 0.280. The average molecular weight is 396 g/mol. The number of methoxy groups -OCH3 is 3. The van der Waals surface area contributed by atoms with E-state index >= 15 is 0 Å². The summed E-state index contributed by atoms with van der Waals surface area (Å²) in [5.41, 5.74) is 4.22. The number of hydrogen-bond acceptors (Lipinski definition) is 6. The van der Waals surface area contributed by atoms with Gasteiger partial charge in [0.05, 0.1) is 39.7 Å². The molecule has 1 aromatic carbocycles. The van der Waals surface area contributed by atoms with Gasteiger partial charge in [0.1, 0.15) is 0 Å². The second-order valence-electron chi connectivity index (χ2n) is 7.39. The van der Waals surface area contributed by atoms with Crippen molar-refractivity contribution in [2.75, 3.05) is 27.9 Å². The maximum absolute atomic E-state index is 5.87. The first-order valence-electron chi connectivity index (χ1n) is 10.2. The summed E-state index contributed by atoms with van der Waals surface area (Å²) in [7, 11) is 4.88. The van der Waals surface area contributed by atoms with Crippen molar-refractivity contribution < 1.29 is 18.9 Å². The normalized spacial score (nSPS) is 20.2. The van der Waals surface area contributed by atoms with Crippen molar-refractivity contribution in [1.29, 1.82) is 0 Å². The van der Waals surface area contributed by atoms with Crippen LogP contribution in [-0.4, -0.2) is 44.7 Å². The Morgan fingerprint density at radius 1 is 0.931 bits per heavy atom. The van der Waals surface area contributed by atoms with Crippen LogP contribution in [0.1, 0.15) is 55.2 Å².